The molecule has 0 radical (unpaired) electrons. The summed E-state index contributed by atoms with van der Waals surface area (Å²) in [5.74, 6) is 1.68. The predicted molar refractivity (Wildman–Crippen MR) is 84.5 cm³/mol. The van der Waals surface area contributed by atoms with Crippen molar-refractivity contribution in [2.45, 2.75) is 4.83 Å². The van der Waals surface area contributed by atoms with Crippen LogP contribution in [0.1, 0.15) is 16.0 Å². The summed E-state index contributed by atoms with van der Waals surface area (Å²) in [6.07, 6.45) is 0. The molecule has 0 N–H and O–H groups in total. The second-order valence-electron chi connectivity index (χ2n) is 4.03. The SMILES string of the molecule is COc1cccc(C(Br)c2ccc(OC)c(Br)c2)c1. The highest BCUT2D eigenvalue weighted by Gasteiger charge is 2.13. The molecule has 0 saturated carbocycles. The number of methoxy groups -OCH3 is 2. The van der Waals surface area contributed by atoms with Gasteiger partial charge < -0.3 is 9.47 Å². The van der Waals surface area contributed by atoms with Gasteiger partial charge in [0, 0.05) is 0 Å². The third-order valence-corrected chi connectivity index (χ3v) is 4.53. The molecule has 2 aromatic rings. The van der Waals surface area contributed by atoms with Gasteiger partial charge in [0.1, 0.15) is 11.5 Å². The number of halogens is 2. The van der Waals surface area contributed by atoms with Crippen LogP contribution in [0.2, 0.25) is 0 Å². The summed E-state index contributed by atoms with van der Waals surface area (Å²) in [6.45, 7) is 0. The molecule has 4 heteroatoms. The first-order valence-electron chi connectivity index (χ1n) is 5.77. The lowest BCUT2D eigenvalue weighted by molar-refractivity contribution is 0.412. The van der Waals surface area contributed by atoms with E-state index in [1.54, 1.807) is 14.2 Å². The minimum Gasteiger partial charge on any atom is -0.497 e. The highest BCUT2D eigenvalue weighted by atomic mass is 79.9. The molecule has 1 atom stereocenters. The monoisotopic (exact) mass is 384 g/mol. The topological polar surface area (TPSA) is 18.5 Å². The molecule has 0 heterocycles. The molecule has 0 aliphatic carbocycles. The Morgan fingerprint density at radius 3 is 2.32 bits per heavy atom. The maximum atomic E-state index is 5.25. The molecule has 19 heavy (non-hydrogen) atoms. The number of ether oxygens (including phenoxy) is 2. The Morgan fingerprint density at radius 2 is 1.68 bits per heavy atom. The molecule has 0 saturated heterocycles. The molecule has 100 valence electrons. The summed E-state index contributed by atoms with van der Waals surface area (Å²) in [5, 5.41) is 0. The number of hydrogen-bond donors (Lipinski definition) is 0. The summed E-state index contributed by atoms with van der Waals surface area (Å²) < 4.78 is 11.4. The van der Waals surface area contributed by atoms with E-state index in [1.165, 1.54) is 0 Å². The van der Waals surface area contributed by atoms with Gasteiger partial charge in [-0.05, 0) is 51.3 Å². The van der Waals surface area contributed by atoms with Crippen LogP contribution in [0.15, 0.2) is 46.9 Å². The second-order valence-corrected chi connectivity index (χ2v) is 5.80. The zero-order valence-corrected chi connectivity index (χ0v) is 13.9. The fourth-order valence-electron chi connectivity index (χ4n) is 1.83. The van der Waals surface area contributed by atoms with E-state index >= 15 is 0 Å². The number of benzene rings is 2. The van der Waals surface area contributed by atoms with E-state index in [9.17, 15) is 0 Å². The molecule has 0 spiro atoms. The van der Waals surface area contributed by atoms with E-state index in [1.807, 2.05) is 30.3 Å². The van der Waals surface area contributed by atoms with Gasteiger partial charge in [-0.1, -0.05) is 34.1 Å². The van der Waals surface area contributed by atoms with Gasteiger partial charge in [0.25, 0.3) is 0 Å². The first kappa shape index (κ1) is 14.4. The first-order chi connectivity index (χ1) is 9.15. The molecule has 1 unspecified atom stereocenters. The lowest BCUT2D eigenvalue weighted by atomic mass is 10.0. The fourth-order valence-corrected chi connectivity index (χ4v) is 2.96. The smallest absolute Gasteiger partial charge is 0.133 e. The lowest BCUT2D eigenvalue weighted by Gasteiger charge is -2.13. The van der Waals surface area contributed by atoms with Crippen LogP contribution in [0, 0.1) is 0 Å². The zero-order valence-electron chi connectivity index (χ0n) is 10.7. The van der Waals surface area contributed by atoms with Crippen LogP contribution < -0.4 is 9.47 Å². The number of rotatable bonds is 4. The highest BCUT2D eigenvalue weighted by Crippen LogP contribution is 2.36. The Kier molecular flexibility index (Phi) is 4.88. The molecular formula is C15H14Br2O2. The molecule has 0 aromatic heterocycles. The molecule has 2 rings (SSSR count). The standard InChI is InChI=1S/C15H14Br2O2/c1-18-12-5-3-4-10(8-12)15(17)11-6-7-14(19-2)13(16)9-11/h3-9,15H,1-2H3. The van der Waals surface area contributed by atoms with Crippen LogP contribution in [0.3, 0.4) is 0 Å². The normalized spacial score (nSPS) is 12.0. The predicted octanol–water partition coefficient (Wildman–Crippen LogP) is 4.95. The quantitative estimate of drug-likeness (QED) is 0.693. The summed E-state index contributed by atoms with van der Waals surface area (Å²) in [4.78, 5) is 0.116. The summed E-state index contributed by atoms with van der Waals surface area (Å²) in [5.41, 5.74) is 2.30. The Labute approximate surface area is 130 Å². The van der Waals surface area contributed by atoms with Crippen molar-refractivity contribution in [1.82, 2.24) is 0 Å². The van der Waals surface area contributed by atoms with Gasteiger partial charge in [-0.2, -0.15) is 0 Å². The van der Waals surface area contributed by atoms with Crippen molar-refractivity contribution in [1.29, 1.82) is 0 Å². The van der Waals surface area contributed by atoms with Crippen LogP contribution >= 0.6 is 31.9 Å². The summed E-state index contributed by atoms with van der Waals surface area (Å²) in [7, 11) is 3.33. The van der Waals surface area contributed by atoms with E-state index in [0.717, 1.165) is 27.1 Å². The minimum absolute atomic E-state index is 0.116. The summed E-state index contributed by atoms with van der Waals surface area (Å²) in [6, 6.07) is 14.1. The second kappa shape index (κ2) is 6.44. The molecule has 2 nitrogen and oxygen atoms in total. The van der Waals surface area contributed by atoms with Gasteiger partial charge in [-0.15, -0.1) is 0 Å². The van der Waals surface area contributed by atoms with Crippen LogP contribution in [0.25, 0.3) is 0 Å². The summed E-state index contributed by atoms with van der Waals surface area (Å²) >= 11 is 7.23. The van der Waals surface area contributed by atoms with Crippen molar-refractivity contribution in [2.75, 3.05) is 14.2 Å². The molecule has 2 aromatic carbocycles. The molecule has 0 aliphatic heterocycles. The lowest BCUT2D eigenvalue weighted by Crippen LogP contribution is -1.95. The molecule has 0 amide bonds. The number of hydrogen-bond acceptors (Lipinski definition) is 2. The Balaban J connectivity index is 2.32. The molecule has 0 aliphatic rings. The van der Waals surface area contributed by atoms with Crippen molar-refractivity contribution < 1.29 is 9.47 Å². The van der Waals surface area contributed by atoms with Gasteiger partial charge in [-0.3, -0.25) is 0 Å². The average Bonchev–Trinajstić information content (AvgIpc) is 2.46. The van der Waals surface area contributed by atoms with Gasteiger partial charge in [0.05, 0.1) is 23.5 Å². The van der Waals surface area contributed by atoms with Crippen molar-refractivity contribution >= 4 is 31.9 Å². The fraction of sp³-hybridized carbons (Fsp3) is 0.200. The Hall–Kier alpha value is -1.00. The first-order valence-corrected chi connectivity index (χ1v) is 7.48. The largest absolute Gasteiger partial charge is 0.497 e. The molecule has 0 fully saturated rings. The van der Waals surface area contributed by atoms with Crippen LogP contribution in [0.5, 0.6) is 11.5 Å². The van der Waals surface area contributed by atoms with E-state index in [4.69, 9.17) is 9.47 Å². The molecule has 0 bridgehead atoms. The van der Waals surface area contributed by atoms with Crippen LogP contribution in [-0.4, -0.2) is 14.2 Å². The van der Waals surface area contributed by atoms with E-state index < -0.39 is 0 Å². The third-order valence-electron chi connectivity index (χ3n) is 2.85. The maximum Gasteiger partial charge on any atom is 0.133 e. The molecular weight excluding hydrogens is 372 g/mol. The van der Waals surface area contributed by atoms with E-state index in [-0.39, 0.29) is 4.83 Å². The highest BCUT2D eigenvalue weighted by molar-refractivity contribution is 9.10. The maximum absolute atomic E-state index is 5.25. The minimum atomic E-state index is 0.116. The average molecular weight is 386 g/mol. The zero-order chi connectivity index (χ0) is 13.8. The van der Waals surface area contributed by atoms with Gasteiger partial charge >= 0.3 is 0 Å². The van der Waals surface area contributed by atoms with Gasteiger partial charge in [-0.25, -0.2) is 0 Å². The van der Waals surface area contributed by atoms with Crippen molar-refractivity contribution in [3.8, 4) is 11.5 Å². The third kappa shape index (κ3) is 3.31. The Bertz CT molecular complexity index is 570. The van der Waals surface area contributed by atoms with Crippen molar-refractivity contribution in [3.63, 3.8) is 0 Å². The van der Waals surface area contributed by atoms with Crippen molar-refractivity contribution in [2.24, 2.45) is 0 Å². The Morgan fingerprint density at radius 1 is 0.947 bits per heavy atom. The van der Waals surface area contributed by atoms with Crippen LogP contribution in [-0.2, 0) is 0 Å². The number of alkyl halides is 1. The van der Waals surface area contributed by atoms with Gasteiger partial charge in [0.2, 0.25) is 0 Å². The van der Waals surface area contributed by atoms with E-state index in [2.05, 4.69) is 44.0 Å². The van der Waals surface area contributed by atoms with Crippen LogP contribution in [0.4, 0.5) is 0 Å². The van der Waals surface area contributed by atoms with E-state index in [0.29, 0.717) is 0 Å². The van der Waals surface area contributed by atoms with Crippen molar-refractivity contribution in [3.05, 3.63) is 58.1 Å². The van der Waals surface area contributed by atoms with Gasteiger partial charge in [0.15, 0.2) is 0 Å².